The third kappa shape index (κ3) is 3.71. The minimum atomic E-state index is -0.174. The van der Waals surface area contributed by atoms with E-state index in [1.165, 1.54) is 0 Å². The number of hydrogen-bond donors (Lipinski definition) is 1. The van der Waals surface area contributed by atoms with Gasteiger partial charge in [0, 0.05) is 36.6 Å². The van der Waals surface area contributed by atoms with Crippen molar-refractivity contribution in [3.8, 4) is 5.69 Å². The van der Waals surface area contributed by atoms with Crippen molar-refractivity contribution in [3.05, 3.63) is 70.5 Å². The highest BCUT2D eigenvalue weighted by molar-refractivity contribution is 9.10. The summed E-state index contributed by atoms with van der Waals surface area (Å²) in [6.07, 6.45) is 5.39. The van der Waals surface area contributed by atoms with Crippen molar-refractivity contribution in [1.82, 2.24) is 9.78 Å². The van der Waals surface area contributed by atoms with Crippen molar-refractivity contribution in [2.45, 2.75) is 19.8 Å². The van der Waals surface area contributed by atoms with Crippen molar-refractivity contribution >= 4 is 39.1 Å². The number of carbonyl (C=O) groups excluding carboxylic acids is 2. The number of hydrogen-bond acceptors (Lipinski definition) is 3. The van der Waals surface area contributed by atoms with Crippen LogP contribution < -0.4 is 10.2 Å². The normalized spacial score (nSPS) is 13.1. The molecular formula is C21H19BrN4O2. The van der Waals surface area contributed by atoms with Crippen LogP contribution in [0.3, 0.4) is 0 Å². The maximum Gasteiger partial charge on any atom is 0.255 e. The summed E-state index contributed by atoms with van der Waals surface area (Å²) in [5.74, 6) is -0.130. The molecule has 0 bridgehead atoms. The van der Waals surface area contributed by atoms with Gasteiger partial charge >= 0.3 is 0 Å². The van der Waals surface area contributed by atoms with E-state index in [2.05, 4.69) is 26.3 Å². The van der Waals surface area contributed by atoms with Crippen LogP contribution in [0.5, 0.6) is 0 Å². The number of halogens is 1. The van der Waals surface area contributed by atoms with Crippen LogP contribution >= 0.6 is 15.9 Å². The first-order valence-corrected chi connectivity index (χ1v) is 9.83. The second kappa shape index (κ2) is 7.59. The lowest BCUT2D eigenvalue weighted by Crippen LogP contribution is -2.33. The van der Waals surface area contributed by atoms with E-state index >= 15 is 0 Å². The van der Waals surface area contributed by atoms with E-state index in [4.69, 9.17) is 0 Å². The lowest BCUT2D eigenvalue weighted by atomic mass is 10.0. The molecule has 28 heavy (non-hydrogen) atoms. The highest BCUT2D eigenvalue weighted by Crippen LogP contribution is 2.30. The van der Waals surface area contributed by atoms with Crippen LogP contribution in [0.1, 0.15) is 29.3 Å². The summed E-state index contributed by atoms with van der Waals surface area (Å²) in [5, 5.41) is 7.17. The van der Waals surface area contributed by atoms with Crippen LogP contribution in [0, 0.1) is 0 Å². The number of carbonyl (C=O) groups is 2. The minimum absolute atomic E-state index is 0.0436. The van der Waals surface area contributed by atoms with Crippen LogP contribution in [0.25, 0.3) is 5.69 Å². The third-order valence-corrected chi connectivity index (χ3v) is 5.19. The van der Waals surface area contributed by atoms with Gasteiger partial charge in [-0.25, -0.2) is 4.68 Å². The molecule has 1 N–H and O–H groups in total. The molecule has 1 aliphatic heterocycles. The molecule has 7 heteroatoms. The van der Waals surface area contributed by atoms with Crippen LogP contribution in [0.4, 0.5) is 11.4 Å². The molecule has 2 aromatic carbocycles. The summed E-state index contributed by atoms with van der Waals surface area (Å²) in [5.41, 5.74) is 4.19. The molecule has 3 aromatic rings. The summed E-state index contributed by atoms with van der Waals surface area (Å²) < 4.78 is 2.63. The molecule has 0 unspecified atom stereocenters. The van der Waals surface area contributed by atoms with Gasteiger partial charge in [0.1, 0.15) is 0 Å². The van der Waals surface area contributed by atoms with Gasteiger partial charge in [-0.05, 0) is 76.8 Å². The molecule has 0 saturated carbocycles. The fourth-order valence-corrected chi connectivity index (χ4v) is 3.70. The van der Waals surface area contributed by atoms with E-state index in [1.54, 1.807) is 34.8 Å². The second-order valence-electron chi connectivity index (χ2n) is 6.72. The van der Waals surface area contributed by atoms with E-state index in [0.29, 0.717) is 5.56 Å². The molecule has 1 aromatic heterocycles. The Morgan fingerprint density at radius 3 is 2.61 bits per heavy atom. The molecule has 0 radical (unpaired) electrons. The first kappa shape index (κ1) is 18.4. The molecule has 0 spiro atoms. The Hall–Kier alpha value is -2.93. The molecule has 2 amide bonds. The highest BCUT2D eigenvalue weighted by atomic mass is 79.9. The summed E-state index contributed by atoms with van der Waals surface area (Å²) >= 11 is 3.37. The van der Waals surface area contributed by atoms with Gasteiger partial charge in [-0.2, -0.15) is 5.10 Å². The number of aromatic nitrogens is 2. The Morgan fingerprint density at radius 2 is 1.93 bits per heavy atom. The average molecular weight is 439 g/mol. The summed E-state index contributed by atoms with van der Waals surface area (Å²) in [6.45, 7) is 2.32. The first-order valence-electron chi connectivity index (χ1n) is 9.04. The number of benzene rings is 2. The molecule has 1 aliphatic rings. The van der Waals surface area contributed by atoms with Gasteiger partial charge < -0.3 is 10.2 Å². The third-order valence-electron chi connectivity index (χ3n) is 4.78. The number of amides is 2. The van der Waals surface area contributed by atoms with Crippen LogP contribution in [-0.4, -0.2) is 28.1 Å². The lowest BCUT2D eigenvalue weighted by Gasteiger charge is -2.29. The van der Waals surface area contributed by atoms with Crippen molar-refractivity contribution in [3.63, 3.8) is 0 Å². The molecule has 0 aliphatic carbocycles. The molecule has 2 heterocycles. The van der Waals surface area contributed by atoms with Crippen LogP contribution in [-0.2, 0) is 11.2 Å². The predicted octanol–water partition coefficient (Wildman–Crippen LogP) is 4.19. The van der Waals surface area contributed by atoms with Crippen molar-refractivity contribution in [2.75, 3.05) is 16.8 Å². The van der Waals surface area contributed by atoms with E-state index < -0.39 is 0 Å². The second-order valence-corrected chi connectivity index (χ2v) is 7.64. The van der Waals surface area contributed by atoms with Crippen LogP contribution in [0.15, 0.2) is 59.3 Å². The number of nitrogens with one attached hydrogen (secondary N) is 1. The number of aryl methyl sites for hydroxylation is 1. The van der Waals surface area contributed by atoms with E-state index in [-0.39, 0.29) is 11.8 Å². The lowest BCUT2D eigenvalue weighted by molar-refractivity contribution is -0.116. The smallest absolute Gasteiger partial charge is 0.255 e. The van der Waals surface area contributed by atoms with Gasteiger partial charge in [0.15, 0.2) is 0 Å². The summed E-state index contributed by atoms with van der Waals surface area (Å²) in [6, 6.07) is 13.0. The van der Waals surface area contributed by atoms with E-state index in [1.807, 2.05) is 36.5 Å². The average Bonchev–Trinajstić information content (AvgIpc) is 3.13. The van der Waals surface area contributed by atoms with Gasteiger partial charge in [-0.15, -0.1) is 0 Å². The zero-order chi connectivity index (χ0) is 19.7. The van der Waals surface area contributed by atoms with Crippen molar-refractivity contribution < 1.29 is 9.59 Å². The standard InChI is InChI=1S/C21H19BrN4O2/c1-14(27)25-10-2-3-16-11-18(6-9-20(16)25)24-21(28)15-4-7-19(8-5-15)26-13-17(22)12-23-26/h4-9,11-13H,2-3,10H2,1H3,(H,24,28). The Balaban J connectivity index is 1.50. The topological polar surface area (TPSA) is 67.2 Å². The minimum Gasteiger partial charge on any atom is -0.322 e. The number of nitrogens with zero attached hydrogens (tertiary/aromatic N) is 3. The molecule has 4 rings (SSSR count). The molecule has 0 saturated heterocycles. The fourth-order valence-electron chi connectivity index (χ4n) is 3.41. The largest absolute Gasteiger partial charge is 0.322 e. The maximum absolute atomic E-state index is 12.6. The van der Waals surface area contributed by atoms with E-state index in [0.717, 1.165) is 46.5 Å². The number of fused-ring (bicyclic) bond motifs is 1. The zero-order valence-electron chi connectivity index (χ0n) is 15.4. The summed E-state index contributed by atoms with van der Waals surface area (Å²) in [4.78, 5) is 26.2. The Morgan fingerprint density at radius 1 is 1.14 bits per heavy atom. The van der Waals surface area contributed by atoms with Gasteiger partial charge in [0.2, 0.25) is 5.91 Å². The summed E-state index contributed by atoms with van der Waals surface area (Å²) in [7, 11) is 0. The van der Waals surface area contributed by atoms with Gasteiger partial charge in [-0.3, -0.25) is 9.59 Å². The zero-order valence-corrected chi connectivity index (χ0v) is 16.9. The molecular weight excluding hydrogens is 420 g/mol. The monoisotopic (exact) mass is 438 g/mol. The predicted molar refractivity (Wildman–Crippen MR) is 112 cm³/mol. The maximum atomic E-state index is 12.6. The van der Waals surface area contributed by atoms with Gasteiger partial charge in [0.25, 0.3) is 5.91 Å². The molecule has 0 atom stereocenters. The Bertz CT molecular complexity index is 1040. The Labute approximate surface area is 171 Å². The fraction of sp³-hybridized carbons (Fsp3) is 0.190. The molecule has 142 valence electrons. The van der Waals surface area contributed by atoms with E-state index in [9.17, 15) is 9.59 Å². The Kier molecular flexibility index (Phi) is 5.00. The van der Waals surface area contributed by atoms with Gasteiger partial charge in [-0.1, -0.05) is 0 Å². The first-order chi connectivity index (χ1) is 13.5. The molecule has 0 fully saturated rings. The van der Waals surface area contributed by atoms with Gasteiger partial charge in [0.05, 0.1) is 16.4 Å². The number of anilines is 2. The van der Waals surface area contributed by atoms with Crippen LogP contribution in [0.2, 0.25) is 0 Å². The quantitative estimate of drug-likeness (QED) is 0.666. The highest BCUT2D eigenvalue weighted by Gasteiger charge is 2.20. The number of rotatable bonds is 3. The van der Waals surface area contributed by atoms with Crippen molar-refractivity contribution in [2.24, 2.45) is 0 Å². The van der Waals surface area contributed by atoms with Crippen molar-refractivity contribution in [1.29, 1.82) is 0 Å². The molecule has 6 nitrogen and oxygen atoms in total. The SMILES string of the molecule is CC(=O)N1CCCc2cc(NC(=O)c3ccc(-n4cc(Br)cn4)cc3)ccc21.